The number of H-pyrrole nitrogens is 1. The molecule has 5 heterocycles. The van der Waals surface area contributed by atoms with E-state index in [9.17, 15) is 0 Å². The molecule has 0 unspecified atom stereocenters. The number of hydrogen-bond acceptors (Lipinski definition) is 8. The van der Waals surface area contributed by atoms with Crippen molar-refractivity contribution in [2.75, 3.05) is 13.2 Å². The zero-order valence-electron chi connectivity index (χ0n) is 24.0. The van der Waals surface area contributed by atoms with Crippen molar-refractivity contribution in [3.8, 4) is 33.6 Å². The number of benzene rings is 2. The Labute approximate surface area is 249 Å². The van der Waals surface area contributed by atoms with E-state index >= 15 is 0 Å². The van der Waals surface area contributed by atoms with Gasteiger partial charge in [-0.25, -0.2) is 15.1 Å². The van der Waals surface area contributed by atoms with Crippen LogP contribution in [0.25, 0.3) is 44.8 Å². The highest BCUT2D eigenvalue weighted by molar-refractivity contribution is 5.82. The first-order valence-corrected chi connectivity index (χ1v) is 14.7. The van der Waals surface area contributed by atoms with Gasteiger partial charge in [0.25, 0.3) is 0 Å². The first kappa shape index (κ1) is 27.1. The lowest BCUT2D eigenvalue weighted by Gasteiger charge is -2.24. The molecule has 10 nitrogen and oxygen atoms in total. The summed E-state index contributed by atoms with van der Waals surface area (Å²) in [6, 6.07) is 22.8. The standard InChI is InChI=1S/C33H32N8O2/c1-2-3-12-29-35-28-19-26(24-11-7-15-34-20-24)30(33-42-16-8-17-43-33)36-32(28)41(29)21-22-13-14-25(23-9-5-4-6-10-23)27(18-22)31-37-39-40-38-31/h4-7,9-11,13-15,18-20,33H,2-3,8,12,16-17,21H2,1H3,(H,37,38,39,40). The Morgan fingerprint density at radius 1 is 0.907 bits per heavy atom. The maximum atomic E-state index is 6.06. The van der Waals surface area contributed by atoms with Crippen LogP contribution in [0.3, 0.4) is 0 Å². The molecule has 0 amide bonds. The van der Waals surface area contributed by atoms with E-state index in [-0.39, 0.29) is 0 Å². The monoisotopic (exact) mass is 572 g/mol. The molecule has 0 atom stereocenters. The average Bonchev–Trinajstić information content (AvgIpc) is 3.73. The van der Waals surface area contributed by atoms with Crippen molar-refractivity contribution < 1.29 is 9.47 Å². The van der Waals surface area contributed by atoms with Gasteiger partial charge in [-0.2, -0.15) is 0 Å². The minimum Gasteiger partial charge on any atom is -0.347 e. The van der Waals surface area contributed by atoms with Crippen molar-refractivity contribution in [1.82, 2.24) is 40.1 Å². The van der Waals surface area contributed by atoms with Gasteiger partial charge in [-0.05, 0) is 58.2 Å². The second-order valence-electron chi connectivity index (χ2n) is 10.6. The van der Waals surface area contributed by atoms with Gasteiger partial charge in [-0.3, -0.25) is 4.98 Å². The van der Waals surface area contributed by atoms with Crippen LogP contribution < -0.4 is 0 Å². The minimum atomic E-state index is -0.550. The number of nitrogens with zero attached hydrogens (tertiary/aromatic N) is 7. The molecule has 7 rings (SSSR count). The van der Waals surface area contributed by atoms with Crippen molar-refractivity contribution in [1.29, 1.82) is 0 Å². The fraction of sp³-hybridized carbons (Fsp3) is 0.273. The van der Waals surface area contributed by atoms with Gasteiger partial charge in [0.1, 0.15) is 17.0 Å². The van der Waals surface area contributed by atoms with Crippen molar-refractivity contribution in [3.63, 3.8) is 0 Å². The highest BCUT2D eigenvalue weighted by Crippen LogP contribution is 2.35. The Hall–Kier alpha value is -4.80. The molecular formula is C33H32N8O2. The highest BCUT2D eigenvalue weighted by atomic mass is 16.7. The summed E-state index contributed by atoms with van der Waals surface area (Å²) in [5.74, 6) is 1.62. The molecule has 1 fully saturated rings. The fourth-order valence-electron chi connectivity index (χ4n) is 5.59. The number of tetrazole rings is 1. The van der Waals surface area contributed by atoms with Gasteiger partial charge in [0, 0.05) is 35.5 Å². The third-order valence-corrected chi connectivity index (χ3v) is 7.72. The summed E-state index contributed by atoms with van der Waals surface area (Å²) in [4.78, 5) is 14.7. The van der Waals surface area contributed by atoms with Crippen LogP contribution in [0.15, 0.2) is 79.1 Å². The Bertz CT molecular complexity index is 1820. The number of pyridine rings is 2. The molecule has 1 N–H and O–H groups in total. The summed E-state index contributed by atoms with van der Waals surface area (Å²) in [7, 11) is 0. The largest absolute Gasteiger partial charge is 0.347 e. The molecule has 1 aliphatic heterocycles. The zero-order valence-corrected chi connectivity index (χ0v) is 24.0. The number of hydrogen-bond donors (Lipinski definition) is 1. The van der Waals surface area contributed by atoms with Gasteiger partial charge in [-0.15, -0.1) is 5.10 Å². The van der Waals surface area contributed by atoms with Crippen LogP contribution in [0.5, 0.6) is 0 Å². The summed E-state index contributed by atoms with van der Waals surface area (Å²) >= 11 is 0. The smallest absolute Gasteiger partial charge is 0.201 e. The Balaban J connectivity index is 1.36. The number of unbranched alkanes of at least 4 members (excludes halogenated alkanes) is 1. The van der Waals surface area contributed by atoms with Crippen molar-refractivity contribution in [2.24, 2.45) is 0 Å². The summed E-state index contributed by atoms with van der Waals surface area (Å²) in [6.07, 6.45) is 6.88. The summed E-state index contributed by atoms with van der Waals surface area (Å²) < 4.78 is 14.3. The van der Waals surface area contributed by atoms with E-state index in [0.717, 1.165) is 81.7 Å². The maximum Gasteiger partial charge on any atom is 0.201 e. The van der Waals surface area contributed by atoms with Crippen LogP contribution >= 0.6 is 0 Å². The first-order chi connectivity index (χ1) is 21.3. The first-order valence-electron chi connectivity index (χ1n) is 14.7. The third kappa shape index (κ3) is 5.54. The molecular weight excluding hydrogens is 540 g/mol. The lowest BCUT2D eigenvalue weighted by Crippen LogP contribution is -2.20. The Morgan fingerprint density at radius 3 is 2.53 bits per heavy atom. The molecule has 2 aromatic carbocycles. The van der Waals surface area contributed by atoms with E-state index in [1.54, 1.807) is 6.20 Å². The van der Waals surface area contributed by atoms with E-state index in [0.29, 0.717) is 25.6 Å². The number of ether oxygens (including phenoxy) is 2. The maximum absolute atomic E-state index is 6.06. The third-order valence-electron chi connectivity index (χ3n) is 7.72. The van der Waals surface area contributed by atoms with E-state index < -0.39 is 6.29 Å². The number of fused-ring (bicyclic) bond motifs is 1. The van der Waals surface area contributed by atoms with Crippen LogP contribution in [0.1, 0.15) is 49.6 Å². The van der Waals surface area contributed by atoms with Gasteiger partial charge in [-0.1, -0.05) is 61.9 Å². The molecule has 1 aliphatic rings. The predicted octanol–water partition coefficient (Wildman–Crippen LogP) is 6.17. The minimum absolute atomic E-state index is 0.550. The molecule has 0 spiro atoms. The highest BCUT2D eigenvalue weighted by Gasteiger charge is 2.25. The van der Waals surface area contributed by atoms with E-state index in [1.807, 2.05) is 36.5 Å². The molecule has 10 heteroatoms. The zero-order chi connectivity index (χ0) is 29.0. The number of imidazole rings is 1. The average molecular weight is 573 g/mol. The summed E-state index contributed by atoms with van der Waals surface area (Å²) in [6.45, 7) is 4.04. The van der Waals surface area contributed by atoms with Crippen molar-refractivity contribution in [2.45, 2.75) is 45.4 Å². The van der Waals surface area contributed by atoms with E-state index in [4.69, 9.17) is 19.4 Å². The molecule has 0 bridgehead atoms. The van der Waals surface area contributed by atoms with Gasteiger partial charge in [0.15, 0.2) is 11.5 Å². The van der Waals surface area contributed by atoms with E-state index in [2.05, 4.69) is 73.5 Å². The van der Waals surface area contributed by atoms with Crippen LogP contribution in [0.4, 0.5) is 0 Å². The van der Waals surface area contributed by atoms with Gasteiger partial charge in [0.2, 0.25) is 6.29 Å². The Morgan fingerprint density at radius 2 is 1.77 bits per heavy atom. The molecule has 0 radical (unpaired) electrons. The van der Waals surface area contributed by atoms with Gasteiger partial charge < -0.3 is 14.0 Å². The van der Waals surface area contributed by atoms with Crippen LogP contribution in [-0.4, -0.2) is 53.4 Å². The van der Waals surface area contributed by atoms with Gasteiger partial charge in [0.05, 0.1) is 19.8 Å². The van der Waals surface area contributed by atoms with Gasteiger partial charge >= 0.3 is 0 Å². The molecule has 0 aliphatic carbocycles. The summed E-state index contributed by atoms with van der Waals surface area (Å²) in [5.41, 5.74) is 8.44. The number of aryl methyl sites for hydroxylation is 1. The Kier molecular flexibility index (Phi) is 7.68. The van der Waals surface area contributed by atoms with Crippen LogP contribution in [0, 0.1) is 0 Å². The molecule has 4 aromatic heterocycles. The lowest BCUT2D eigenvalue weighted by molar-refractivity contribution is -0.184. The normalized spacial score (nSPS) is 14.0. The number of nitrogens with one attached hydrogen (secondary N) is 1. The predicted molar refractivity (Wildman–Crippen MR) is 163 cm³/mol. The second kappa shape index (κ2) is 12.2. The van der Waals surface area contributed by atoms with Crippen molar-refractivity contribution in [3.05, 3.63) is 96.2 Å². The van der Waals surface area contributed by atoms with Crippen LogP contribution in [0.2, 0.25) is 0 Å². The number of aromatic amines is 1. The quantitative estimate of drug-likeness (QED) is 0.219. The molecule has 216 valence electrons. The van der Waals surface area contributed by atoms with E-state index in [1.165, 1.54) is 0 Å². The lowest BCUT2D eigenvalue weighted by atomic mass is 9.97. The molecule has 1 saturated heterocycles. The second-order valence-corrected chi connectivity index (χ2v) is 10.6. The fourth-order valence-corrected chi connectivity index (χ4v) is 5.59. The molecule has 43 heavy (non-hydrogen) atoms. The summed E-state index contributed by atoms with van der Waals surface area (Å²) in [5, 5.41) is 14.9. The van der Waals surface area contributed by atoms with Crippen molar-refractivity contribution >= 4 is 11.2 Å². The topological polar surface area (TPSA) is 117 Å². The molecule has 0 saturated carbocycles. The SMILES string of the molecule is CCCCc1nc2cc(-c3cccnc3)c(C3OCCCO3)nc2n1Cc1ccc(-c2ccccc2)c(-c2nnn[nH]2)c1. The number of rotatable bonds is 9. The molecule has 6 aromatic rings. The van der Waals surface area contributed by atoms with Crippen LogP contribution in [-0.2, 0) is 22.4 Å². The number of aromatic nitrogens is 8.